The van der Waals surface area contributed by atoms with E-state index >= 15 is 0 Å². The molecule has 6 nitrogen and oxygen atoms in total. The molecule has 1 aromatic carbocycles. The Morgan fingerprint density at radius 3 is 2.16 bits per heavy atom. The number of ether oxygens (including phenoxy) is 3. The maximum Gasteiger partial charge on any atom is 0.343 e. The maximum absolute atomic E-state index is 11.9. The second-order valence-corrected chi connectivity index (χ2v) is 7.40. The molecule has 0 unspecified atom stereocenters. The summed E-state index contributed by atoms with van der Waals surface area (Å²) in [6.07, 6.45) is 11.4. The fraction of sp³-hybridized carbons (Fsp3) is 0.600. The van der Waals surface area contributed by atoms with Gasteiger partial charge in [-0.05, 0) is 39.3 Å². The van der Waals surface area contributed by atoms with Crippen LogP contribution in [0, 0.1) is 0 Å². The Morgan fingerprint density at radius 1 is 0.871 bits per heavy atom. The summed E-state index contributed by atoms with van der Waals surface area (Å²) in [7, 11) is 0. The molecule has 0 saturated heterocycles. The Kier molecular flexibility index (Phi) is 13.9. The Hall–Kier alpha value is -2.50. The molecule has 0 saturated carbocycles. The first-order valence-corrected chi connectivity index (χ1v) is 11.6. The van der Waals surface area contributed by atoms with E-state index in [0.717, 1.165) is 6.42 Å². The molecule has 0 spiro atoms. The SMILES string of the molecule is CCCCCCCCCCOc1ccc(N/C=C(\C(C)=O)C(=O)OCC)cc1OCC. The van der Waals surface area contributed by atoms with Crippen LogP contribution in [0.5, 0.6) is 11.5 Å². The van der Waals surface area contributed by atoms with Gasteiger partial charge in [0, 0.05) is 18.0 Å². The standard InChI is InChI=1S/C25H39NO5/c1-5-8-9-10-11-12-13-14-17-31-23-16-15-21(18-24(23)29-6-2)26-19-22(20(4)27)25(28)30-7-3/h15-16,18-19,26H,5-14,17H2,1-4H3/b22-19+. The molecular weight excluding hydrogens is 394 g/mol. The Bertz CT molecular complexity index is 699. The van der Waals surface area contributed by atoms with E-state index in [-0.39, 0.29) is 18.0 Å². The quantitative estimate of drug-likeness (QED) is 0.106. The molecule has 0 aromatic heterocycles. The van der Waals surface area contributed by atoms with Crippen LogP contribution in [0.25, 0.3) is 0 Å². The van der Waals surface area contributed by atoms with Crippen LogP contribution in [0.15, 0.2) is 30.0 Å². The largest absolute Gasteiger partial charge is 0.490 e. The van der Waals surface area contributed by atoms with Gasteiger partial charge < -0.3 is 19.5 Å². The number of carbonyl (C=O) groups excluding carboxylic acids is 2. The zero-order valence-electron chi connectivity index (χ0n) is 19.6. The molecule has 0 radical (unpaired) electrons. The van der Waals surface area contributed by atoms with Gasteiger partial charge in [0.2, 0.25) is 0 Å². The fourth-order valence-electron chi connectivity index (χ4n) is 3.07. The van der Waals surface area contributed by atoms with Crippen LogP contribution < -0.4 is 14.8 Å². The molecule has 31 heavy (non-hydrogen) atoms. The second-order valence-electron chi connectivity index (χ2n) is 7.40. The third kappa shape index (κ3) is 10.9. The minimum absolute atomic E-state index is 0.0326. The lowest BCUT2D eigenvalue weighted by atomic mass is 10.1. The molecule has 0 atom stereocenters. The van der Waals surface area contributed by atoms with Crippen LogP contribution in [0.2, 0.25) is 0 Å². The van der Waals surface area contributed by atoms with Gasteiger partial charge in [-0.2, -0.15) is 0 Å². The van der Waals surface area contributed by atoms with E-state index in [9.17, 15) is 9.59 Å². The third-order valence-corrected chi connectivity index (χ3v) is 4.76. The normalized spacial score (nSPS) is 11.2. The molecule has 0 heterocycles. The molecule has 174 valence electrons. The molecule has 0 aliphatic rings. The van der Waals surface area contributed by atoms with Crippen molar-refractivity contribution in [3.63, 3.8) is 0 Å². The Labute approximate surface area is 187 Å². The summed E-state index contributed by atoms with van der Waals surface area (Å²) in [6.45, 7) is 8.55. The van der Waals surface area contributed by atoms with Gasteiger partial charge in [-0.3, -0.25) is 4.79 Å². The predicted molar refractivity (Wildman–Crippen MR) is 125 cm³/mol. The van der Waals surface area contributed by atoms with E-state index in [4.69, 9.17) is 14.2 Å². The lowest BCUT2D eigenvalue weighted by Crippen LogP contribution is -2.15. The average Bonchev–Trinajstić information content (AvgIpc) is 2.74. The van der Waals surface area contributed by atoms with Gasteiger partial charge in [-0.1, -0.05) is 51.9 Å². The first-order chi connectivity index (χ1) is 15.0. The molecular formula is C25H39NO5. The monoisotopic (exact) mass is 433 g/mol. The number of anilines is 1. The van der Waals surface area contributed by atoms with Crippen molar-refractivity contribution in [2.45, 2.75) is 79.1 Å². The highest BCUT2D eigenvalue weighted by Crippen LogP contribution is 2.31. The number of hydrogen-bond donors (Lipinski definition) is 1. The average molecular weight is 434 g/mol. The topological polar surface area (TPSA) is 73.9 Å². The van der Waals surface area contributed by atoms with Crippen molar-refractivity contribution >= 4 is 17.4 Å². The third-order valence-electron chi connectivity index (χ3n) is 4.76. The fourth-order valence-corrected chi connectivity index (χ4v) is 3.07. The number of benzene rings is 1. The second kappa shape index (κ2) is 16.2. The maximum atomic E-state index is 11.9. The lowest BCUT2D eigenvalue weighted by molar-refractivity contribution is -0.139. The lowest BCUT2D eigenvalue weighted by Gasteiger charge is -2.14. The molecule has 6 heteroatoms. The molecule has 1 rings (SSSR count). The van der Waals surface area contributed by atoms with E-state index in [1.807, 2.05) is 19.1 Å². The zero-order valence-corrected chi connectivity index (χ0v) is 19.6. The van der Waals surface area contributed by atoms with Crippen molar-refractivity contribution < 1.29 is 23.8 Å². The number of esters is 1. The Morgan fingerprint density at radius 2 is 1.55 bits per heavy atom. The van der Waals surface area contributed by atoms with E-state index in [1.165, 1.54) is 58.1 Å². The van der Waals surface area contributed by atoms with Gasteiger partial charge >= 0.3 is 5.97 Å². The summed E-state index contributed by atoms with van der Waals surface area (Å²) < 4.78 is 16.6. The van der Waals surface area contributed by atoms with Crippen molar-refractivity contribution in [1.82, 2.24) is 0 Å². The summed E-state index contributed by atoms with van der Waals surface area (Å²) in [4.78, 5) is 23.6. The minimum Gasteiger partial charge on any atom is -0.490 e. The Balaban J connectivity index is 2.60. The summed E-state index contributed by atoms with van der Waals surface area (Å²) in [6, 6.07) is 5.46. The smallest absolute Gasteiger partial charge is 0.343 e. The van der Waals surface area contributed by atoms with Crippen LogP contribution in [0.1, 0.15) is 79.1 Å². The summed E-state index contributed by atoms with van der Waals surface area (Å²) in [5.74, 6) is 0.316. The van der Waals surface area contributed by atoms with Gasteiger partial charge in [0.05, 0.1) is 19.8 Å². The van der Waals surface area contributed by atoms with E-state index in [0.29, 0.717) is 30.4 Å². The summed E-state index contributed by atoms with van der Waals surface area (Å²) in [5, 5.41) is 2.98. The van der Waals surface area contributed by atoms with Crippen molar-refractivity contribution in [2.75, 3.05) is 25.1 Å². The van der Waals surface area contributed by atoms with Gasteiger partial charge in [0.25, 0.3) is 0 Å². The molecule has 0 bridgehead atoms. The van der Waals surface area contributed by atoms with Crippen LogP contribution in [0.3, 0.4) is 0 Å². The number of rotatable bonds is 17. The number of unbranched alkanes of at least 4 members (excludes halogenated alkanes) is 7. The van der Waals surface area contributed by atoms with Crippen LogP contribution in [-0.4, -0.2) is 31.6 Å². The van der Waals surface area contributed by atoms with Gasteiger partial charge in [0.1, 0.15) is 5.57 Å². The minimum atomic E-state index is -0.641. The van der Waals surface area contributed by atoms with Crippen LogP contribution >= 0.6 is 0 Å². The summed E-state index contributed by atoms with van der Waals surface area (Å²) >= 11 is 0. The van der Waals surface area contributed by atoms with Crippen LogP contribution in [0.4, 0.5) is 5.69 Å². The molecule has 0 aliphatic heterocycles. The molecule has 0 aliphatic carbocycles. The van der Waals surface area contributed by atoms with E-state index < -0.39 is 5.97 Å². The van der Waals surface area contributed by atoms with Crippen molar-refractivity contribution in [3.8, 4) is 11.5 Å². The molecule has 1 N–H and O–H groups in total. The number of carbonyl (C=O) groups is 2. The first-order valence-electron chi connectivity index (χ1n) is 11.6. The highest BCUT2D eigenvalue weighted by molar-refractivity contribution is 6.16. The number of nitrogens with one attached hydrogen (secondary N) is 1. The predicted octanol–water partition coefficient (Wildman–Crippen LogP) is 6.05. The number of ketones is 1. The molecule has 0 amide bonds. The van der Waals surface area contributed by atoms with Gasteiger partial charge in [0.15, 0.2) is 17.3 Å². The highest BCUT2D eigenvalue weighted by Gasteiger charge is 2.15. The van der Waals surface area contributed by atoms with Gasteiger partial charge in [-0.15, -0.1) is 0 Å². The van der Waals surface area contributed by atoms with Crippen molar-refractivity contribution in [1.29, 1.82) is 0 Å². The zero-order chi connectivity index (χ0) is 22.9. The molecule has 0 fully saturated rings. The first kappa shape index (κ1) is 26.5. The van der Waals surface area contributed by atoms with E-state index in [1.54, 1.807) is 13.0 Å². The number of Topliss-reactive ketones (excluding diaryl/α,β-unsaturated/α-hetero) is 1. The van der Waals surface area contributed by atoms with Gasteiger partial charge in [-0.25, -0.2) is 4.79 Å². The summed E-state index contributed by atoms with van der Waals surface area (Å²) in [5.41, 5.74) is 0.653. The highest BCUT2D eigenvalue weighted by atomic mass is 16.5. The van der Waals surface area contributed by atoms with Crippen LogP contribution in [-0.2, 0) is 14.3 Å². The number of hydrogen-bond acceptors (Lipinski definition) is 6. The van der Waals surface area contributed by atoms with E-state index in [2.05, 4.69) is 12.2 Å². The molecule has 1 aromatic rings. The van der Waals surface area contributed by atoms with Crippen molar-refractivity contribution in [2.24, 2.45) is 0 Å². The van der Waals surface area contributed by atoms with Crippen molar-refractivity contribution in [3.05, 3.63) is 30.0 Å².